The zero-order valence-electron chi connectivity index (χ0n) is 9.68. The number of alkyl halides is 1. The number of allylic oxidation sites excluding steroid dienone is 2. The Balaban J connectivity index is 2.78. The van der Waals surface area contributed by atoms with Crippen molar-refractivity contribution < 1.29 is 0 Å². The van der Waals surface area contributed by atoms with Gasteiger partial charge in [-0.3, -0.25) is 0 Å². The molecular formula is C14H18BrCl. The van der Waals surface area contributed by atoms with Gasteiger partial charge in [0.05, 0.1) is 0 Å². The van der Waals surface area contributed by atoms with Gasteiger partial charge >= 0.3 is 0 Å². The number of unbranched alkanes of at least 4 members (excludes halogenated alkanes) is 1. The zero-order chi connectivity index (χ0) is 11.8. The average Bonchev–Trinajstić information content (AvgIpc) is 2.31. The SMILES string of the molecule is CCCC/C(=C\CCBr)c1ccc(Cl)cc1. The summed E-state index contributed by atoms with van der Waals surface area (Å²) in [6, 6.07) is 8.14. The van der Waals surface area contributed by atoms with Crippen molar-refractivity contribution in [2.75, 3.05) is 5.33 Å². The average molecular weight is 302 g/mol. The van der Waals surface area contributed by atoms with Crippen molar-refractivity contribution in [2.24, 2.45) is 0 Å². The molecule has 0 bridgehead atoms. The topological polar surface area (TPSA) is 0 Å². The lowest BCUT2D eigenvalue weighted by molar-refractivity contribution is 0.822. The van der Waals surface area contributed by atoms with Crippen LogP contribution in [0.1, 0.15) is 38.2 Å². The number of halogens is 2. The van der Waals surface area contributed by atoms with Gasteiger partial charge in [-0.05, 0) is 42.5 Å². The van der Waals surface area contributed by atoms with E-state index in [4.69, 9.17) is 11.6 Å². The van der Waals surface area contributed by atoms with Crippen LogP contribution in [0.25, 0.3) is 5.57 Å². The summed E-state index contributed by atoms with van der Waals surface area (Å²) in [5.41, 5.74) is 2.75. The van der Waals surface area contributed by atoms with Crippen LogP contribution in [0, 0.1) is 0 Å². The summed E-state index contributed by atoms with van der Waals surface area (Å²) in [6.45, 7) is 2.23. The molecule has 0 spiro atoms. The number of rotatable bonds is 6. The summed E-state index contributed by atoms with van der Waals surface area (Å²) >= 11 is 9.36. The Morgan fingerprint density at radius 3 is 2.56 bits per heavy atom. The quantitative estimate of drug-likeness (QED) is 0.591. The molecule has 0 aliphatic heterocycles. The van der Waals surface area contributed by atoms with Crippen molar-refractivity contribution in [1.29, 1.82) is 0 Å². The Morgan fingerprint density at radius 2 is 2.00 bits per heavy atom. The number of hydrogen-bond acceptors (Lipinski definition) is 0. The van der Waals surface area contributed by atoms with Crippen LogP contribution in [0.15, 0.2) is 30.3 Å². The van der Waals surface area contributed by atoms with Crippen molar-refractivity contribution in [3.63, 3.8) is 0 Å². The predicted molar refractivity (Wildman–Crippen MR) is 77.4 cm³/mol. The highest BCUT2D eigenvalue weighted by atomic mass is 79.9. The maximum atomic E-state index is 5.90. The van der Waals surface area contributed by atoms with Gasteiger partial charge in [-0.2, -0.15) is 0 Å². The van der Waals surface area contributed by atoms with Crippen molar-refractivity contribution >= 4 is 33.1 Å². The number of benzene rings is 1. The van der Waals surface area contributed by atoms with Crippen molar-refractivity contribution in [1.82, 2.24) is 0 Å². The Labute approximate surface area is 112 Å². The minimum atomic E-state index is 0.805. The third-order valence-electron chi connectivity index (χ3n) is 2.51. The van der Waals surface area contributed by atoms with E-state index in [2.05, 4.69) is 41.1 Å². The molecule has 0 unspecified atom stereocenters. The van der Waals surface area contributed by atoms with Crippen LogP contribution in [0.4, 0.5) is 0 Å². The summed E-state index contributed by atoms with van der Waals surface area (Å²) in [6.07, 6.45) is 7.05. The molecule has 0 aromatic heterocycles. The van der Waals surface area contributed by atoms with Gasteiger partial charge in [0, 0.05) is 10.4 Å². The Hall–Kier alpha value is -0.270. The lowest BCUT2D eigenvalue weighted by Gasteiger charge is -2.07. The van der Waals surface area contributed by atoms with Crippen LogP contribution in [0.5, 0.6) is 0 Å². The largest absolute Gasteiger partial charge is 0.0925 e. The van der Waals surface area contributed by atoms with Crippen molar-refractivity contribution in [2.45, 2.75) is 32.6 Å². The first kappa shape index (κ1) is 13.8. The fourth-order valence-corrected chi connectivity index (χ4v) is 1.98. The minimum Gasteiger partial charge on any atom is -0.0925 e. The molecule has 1 aromatic rings. The van der Waals surface area contributed by atoms with Crippen LogP contribution in [-0.2, 0) is 0 Å². The van der Waals surface area contributed by atoms with E-state index in [1.807, 2.05) is 12.1 Å². The van der Waals surface area contributed by atoms with E-state index in [0.717, 1.165) is 23.2 Å². The molecule has 0 N–H and O–H groups in total. The maximum Gasteiger partial charge on any atom is 0.0406 e. The van der Waals surface area contributed by atoms with Crippen LogP contribution < -0.4 is 0 Å². The molecule has 0 aliphatic rings. The molecule has 0 nitrogen and oxygen atoms in total. The van der Waals surface area contributed by atoms with Gasteiger partial charge in [0.2, 0.25) is 0 Å². The van der Waals surface area contributed by atoms with E-state index in [1.54, 1.807) is 0 Å². The summed E-state index contributed by atoms with van der Waals surface area (Å²) in [5, 5.41) is 1.83. The van der Waals surface area contributed by atoms with E-state index in [0.29, 0.717) is 0 Å². The fraction of sp³-hybridized carbons (Fsp3) is 0.429. The molecule has 0 saturated heterocycles. The van der Waals surface area contributed by atoms with Crippen LogP contribution in [0.3, 0.4) is 0 Å². The molecule has 88 valence electrons. The van der Waals surface area contributed by atoms with Crippen LogP contribution >= 0.6 is 27.5 Å². The molecule has 0 aliphatic carbocycles. The monoisotopic (exact) mass is 300 g/mol. The molecule has 0 fully saturated rings. The summed E-state index contributed by atoms with van der Waals surface area (Å²) in [5.74, 6) is 0. The van der Waals surface area contributed by atoms with Gasteiger partial charge in [-0.25, -0.2) is 0 Å². The molecule has 0 saturated carbocycles. The predicted octanol–water partition coefficient (Wildman–Crippen LogP) is 5.70. The van der Waals surface area contributed by atoms with Gasteiger partial charge in [-0.15, -0.1) is 0 Å². The first-order valence-electron chi connectivity index (χ1n) is 5.79. The Morgan fingerprint density at radius 1 is 1.31 bits per heavy atom. The Kier molecular flexibility index (Phi) is 6.82. The standard InChI is InChI=1S/C14H18BrCl/c1-2-3-5-12(6-4-11-15)13-7-9-14(16)10-8-13/h6-10H,2-5,11H2,1H3/b12-6+. The van der Waals surface area contributed by atoms with E-state index < -0.39 is 0 Å². The minimum absolute atomic E-state index is 0.805. The highest BCUT2D eigenvalue weighted by Crippen LogP contribution is 2.23. The first-order valence-corrected chi connectivity index (χ1v) is 7.28. The van der Waals surface area contributed by atoms with Gasteiger partial charge in [0.1, 0.15) is 0 Å². The third-order valence-corrected chi connectivity index (χ3v) is 3.22. The molecular weight excluding hydrogens is 284 g/mol. The Bertz CT molecular complexity index is 327. The normalized spacial score (nSPS) is 11.8. The third kappa shape index (κ3) is 4.71. The molecule has 0 amide bonds. The zero-order valence-corrected chi connectivity index (χ0v) is 12.0. The number of hydrogen-bond donors (Lipinski definition) is 0. The molecule has 2 heteroatoms. The fourth-order valence-electron chi connectivity index (χ4n) is 1.62. The lowest BCUT2D eigenvalue weighted by Crippen LogP contribution is -1.86. The van der Waals surface area contributed by atoms with E-state index in [1.165, 1.54) is 24.0 Å². The summed E-state index contributed by atoms with van der Waals surface area (Å²) in [7, 11) is 0. The van der Waals surface area contributed by atoms with E-state index in [9.17, 15) is 0 Å². The molecule has 0 radical (unpaired) electrons. The highest BCUT2D eigenvalue weighted by Gasteiger charge is 2.00. The molecule has 1 aromatic carbocycles. The lowest BCUT2D eigenvalue weighted by atomic mass is 9.99. The van der Waals surface area contributed by atoms with E-state index >= 15 is 0 Å². The van der Waals surface area contributed by atoms with Gasteiger partial charge in [0.25, 0.3) is 0 Å². The van der Waals surface area contributed by atoms with Gasteiger partial charge in [-0.1, -0.05) is 59.1 Å². The van der Waals surface area contributed by atoms with Crippen LogP contribution in [0.2, 0.25) is 5.02 Å². The molecule has 0 heterocycles. The molecule has 1 rings (SSSR count). The molecule has 16 heavy (non-hydrogen) atoms. The van der Waals surface area contributed by atoms with Crippen LogP contribution in [-0.4, -0.2) is 5.33 Å². The van der Waals surface area contributed by atoms with Crippen molar-refractivity contribution in [3.8, 4) is 0 Å². The second kappa shape index (κ2) is 7.92. The highest BCUT2D eigenvalue weighted by molar-refractivity contribution is 9.09. The van der Waals surface area contributed by atoms with E-state index in [-0.39, 0.29) is 0 Å². The summed E-state index contributed by atoms with van der Waals surface area (Å²) in [4.78, 5) is 0. The second-order valence-corrected chi connectivity index (χ2v) is 5.05. The van der Waals surface area contributed by atoms with Crippen molar-refractivity contribution in [3.05, 3.63) is 40.9 Å². The first-order chi connectivity index (χ1) is 7.77. The smallest absolute Gasteiger partial charge is 0.0406 e. The van der Waals surface area contributed by atoms with Gasteiger partial charge < -0.3 is 0 Å². The van der Waals surface area contributed by atoms with Gasteiger partial charge in [0.15, 0.2) is 0 Å². The summed E-state index contributed by atoms with van der Waals surface area (Å²) < 4.78 is 0. The maximum absolute atomic E-state index is 5.90. The molecule has 0 atom stereocenters. The second-order valence-electron chi connectivity index (χ2n) is 3.82.